The zero-order chi connectivity index (χ0) is 30.9. The van der Waals surface area contributed by atoms with Crippen molar-refractivity contribution in [1.82, 2.24) is 0 Å². The first-order chi connectivity index (χ1) is 23.3. The molecular weight excluding hydrogens is 569 g/mol. The van der Waals surface area contributed by atoms with Crippen LogP contribution >= 0.6 is 0 Å². The Morgan fingerprint density at radius 1 is 0.277 bits per heavy atom. The Bertz CT molecular complexity index is 2780. The first kappa shape index (κ1) is 26.1. The lowest BCUT2D eigenvalue weighted by Gasteiger charge is -2.18. The Balaban J connectivity index is 1.21. The van der Waals surface area contributed by atoms with Crippen LogP contribution in [0.3, 0.4) is 0 Å². The fraction of sp³-hybridized carbons (Fsp3) is 0. The molecule has 0 spiro atoms. The van der Waals surface area contributed by atoms with E-state index >= 15 is 0 Å². The molecule has 0 bridgehead atoms. The number of hydrogen-bond acceptors (Lipinski definition) is 1. The Hall–Kier alpha value is -6.18. The molecule has 0 unspecified atom stereocenters. The smallest absolute Gasteiger partial charge is 0.143 e. The zero-order valence-corrected chi connectivity index (χ0v) is 25.6. The molecule has 218 valence electrons. The van der Waals surface area contributed by atoms with Gasteiger partial charge in [-0.25, -0.2) is 0 Å². The van der Waals surface area contributed by atoms with Crippen molar-refractivity contribution in [2.24, 2.45) is 0 Å². The molecule has 0 aliphatic heterocycles. The highest BCUT2D eigenvalue weighted by atomic mass is 16.3. The van der Waals surface area contributed by atoms with Crippen molar-refractivity contribution in [2.45, 2.75) is 0 Å². The molecule has 0 radical (unpaired) electrons. The quantitative estimate of drug-likeness (QED) is 0.185. The number of hydrogen-bond donors (Lipinski definition) is 0. The highest BCUT2D eigenvalue weighted by molar-refractivity contribution is 6.25. The molecule has 10 rings (SSSR count). The van der Waals surface area contributed by atoms with Crippen molar-refractivity contribution in [2.75, 3.05) is 0 Å². The summed E-state index contributed by atoms with van der Waals surface area (Å²) in [5, 5.41) is 12.1. The number of benzene rings is 9. The van der Waals surface area contributed by atoms with E-state index in [1.165, 1.54) is 65.5 Å². The molecule has 0 fully saturated rings. The highest BCUT2D eigenvalue weighted by Crippen LogP contribution is 2.47. The van der Waals surface area contributed by atoms with Crippen molar-refractivity contribution >= 4 is 65.0 Å². The van der Waals surface area contributed by atoms with Crippen molar-refractivity contribution < 1.29 is 4.42 Å². The topological polar surface area (TPSA) is 13.1 Å². The Morgan fingerprint density at radius 2 is 0.787 bits per heavy atom. The molecule has 0 amide bonds. The van der Waals surface area contributed by atoms with Crippen LogP contribution in [-0.2, 0) is 0 Å². The number of fused-ring (bicyclic) bond motifs is 8. The summed E-state index contributed by atoms with van der Waals surface area (Å²) >= 11 is 0. The van der Waals surface area contributed by atoms with Crippen molar-refractivity contribution in [3.8, 4) is 33.4 Å². The third-order valence-electron chi connectivity index (χ3n) is 9.85. The molecule has 1 nitrogen and oxygen atoms in total. The molecule has 0 aliphatic carbocycles. The van der Waals surface area contributed by atoms with Crippen LogP contribution in [0.5, 0.6) is 0 Å². The lowest BCUT2D eigenvalue weighted by Crippen LogP contribution is -1.91. The number of furan rings is 1. The molecular formula is C46H28O. The summed E-state index contributed by atoms with van der Waals surface area (Å²) < 4.78 is 6.85. The van der Waals surface area contributed by atoms with Crippen LogP contribution < -0.4 is 0 Å². The minimum absolute atomic E-state index is 0.932. The first-order valence-electron chi connectivity index (χ1n) is 16.2. The van der Waals surface area contributed by atoms with Gasteiger partial charge in [-0.3, -0.25) is 0 Å². The van der Waals surface area contributed by atoms with Gasteiger partial charge in [0.15, 0.2) is 0 Å². The second-order valence-electron chi connectivity index (χ2n) is 12.4. The summed E-state index contributed by atoms with van der Waals surface area (Å²) in [7, 11) is 0. The van der Waals surface area contributed by atoms with E-state index < -0.39 is 0 Å². The van der Waals surface area contributed by atoms with Gasteiger partial charge in [-0.15, -0.1) is 0 Å². The molecule has 1 aromatic heterocycles. The first-order valence-corrected chi connectivity index (χ1v) is 16.2. The summed E-state index contributed by atoms with van der Waals surface area (Å²) in [4.78, 5) is 0. The average molecular weight is 597 g/mol. The zero-order valence-electron chi connectivity index (χ0n) is 25.6. The highest BCUT2D eigenvalue weighted by Gasteiger charge is 2.20. The second kappa shape index (κ2) is 10.2. The predicted octanol–water partition coefficient (Wildman–Crippen LogP) is 13.2. The van der Waals surface area contributed by atoms with Gasteiger partial charge in [0.2, 0.25) is 0 Å². The Kier molecular flexibility index (Phi) is 5.64. The number of rotatable bonds is 3. The van der Waals surface area contributed by atoms with Gasteiger partial charge in [0.25, 0.3) is 0 Å². The minimum atomic E-state index is 0.932. The lowest BCUT2D eigenvalue weighted by molar-refractivity contribution is 0.674. The van der Waals surface area contributed by atoms with Gasteiger partial charge in [0, 0.05) is 27.3 Å². The lowest BCUT2D eigenvalue weighted by atomic mass is 9.85. The van der Waals surface area contributed by atoms with E-state index in [2.05, 4.69) is 170 Å². The monoisotopic (exact) mass is 596 g/mol. The van der Waals surface area contributed by atoms with E-state index in [1.807, 2.05) is 0 Å². The minimum Gasteiger partial charge on any atom is -0.455 e. The van der Waals surface area contributed by atoms with Gasteiger partial charge >= 0.3 is 0 Å². The van der Waals surface area contributed by atoms with E-state index in [0.29, 0.717) is 0 Å². The van der Waals surface area contributed by atoms with Crippen molar-refractivity contribution in [3.05, 3.63) is 170 Å². The van der Waals surface area contributed by atoms with Crippen LogP contribution in [0.15, 0.2) is 174 Å². The summed E-state index contributed by atoms with van der Waals surface area (Å²) in [6.45, 7) is 0. The predicted molar refractivity (Wildman–Crippen MR) is 200 cm³/mol. The molecule has 47 heavy (non-hydrogen) atoms. The van der Waals surface area contributed by atoms with E-state index in [4.69, 9.17) is 4.42 Å². The van der Waals surface area contributed by atoms with Crippen LogP contribution in [-0.4, -0.2) is 0 Å². The molecule has 0 saturated carbocycles. The summed E-state index contributed by atoms with van der Waals surface area (Å²) in [5.74, 6) is 0. The fourth-order valence-corrected chi connectivity index (χ4v) is 7.65. The van der Waals surface area contributed by atoms with E-state index in [0.717, 1.165) is 32.9 Å². The molecule has 10 aromatic rings. The normalized spacial score (nSPS) is 11.8. The van der Waals surface area contributed by atoms with E-state index in [-0.39, 0.29) is 0 Å². The van der Waals surface area contributed by atoms with Gasteiger partial charge in [-0.2, -0.15) is 0 Å². The van der Waals surface area contributed by atoms with Gasteiger partial charge in [-0.05, 0) is 72.1 Å². The maximum atomic E-state index is 6.85. The fourth-order valence-electron chi connectivity index (χ4n) is 7.65. The number of para-hydroxylation sites is 1. The van der Waals surface area contributed by atoms with Crippen LogP contribution in [0.4, 0.5) is 0 Å². The summed E-state index contributed by atoms with van der Waals surface area (Å²) in [6.07, 6.45) is 0. The second-order valence-corrected chi connectivity index (χ2v) is 12.4. The van der Waals surface area contributed by atoms with Crippen LogP contribution in [0, 0.1) is 0 Å². The summed E-state index contributed by atoms with van der Waals surface area (Å²) in [5.41, 5.74) is 9.12. The van der Waals surface area contributed by atoms with Crippen LogP contribution in [0.25, 0.3) is 98.4 Å². The molecule has 0 atom stereocenters. The molecule has 0 aliphatic rings. The van der Waals surface area contributed by atoms with E-state index in [9.17, 15) is 0 Å². The molecule has 1 heterocycles. The standard InChI is InChI=1S/C46H28O/c1-2-12-33-28-34(25-22-29(33)10-1)30-20-23-32(24-21-30)43-36-14-5-7-16-38(36)44(39-17-8-6-15-37(39)43)42-19-9-18-40-41-27-26-31-11-3-4-13-35(31)45(41)47-46(40)42/h1-28H. The van der Waals surface area contributed by atoms with Gasteiger partial charge in [0.1, 0.15) is 11.2 Å². The van der Waals surface area contributed by atoms with Crippen molar-refractivity contribution in [1.29, 1.82) is 0 Å². The SMILES string of the molecule is c1ccc2cc(-c3ccc(-c4c5ccccc5c(-c5cccc6c5oc5c7ccccc7ccc65)c5ccccc45)cc3)ccc2c1. The maximum absolute atomic E-state index is 6.85. The molecule has 9 aromatic carbocycles. The van der Waals surface area contributed by atoms with Gasteiger partial charge in [-0.1, -0.05) is 158 Å². The Morgan fingerprint density at radius 3 is 1.51 bits per heavy atom. The molecule has 0 saturated heterocycles. The largest absolute Gasteiger partial charge is 0.455 e. The molecule has 1 heteroatoms. The van der Waals surface area contributed by atoms with Crippen molar-refractivity contribution in [3.63, 3.8) is 0 Å². The third-order valence-corrected chi connectivity index (χ3v) is 9.85. The molecule has 0 N–H and O–H groups in total. The maximum Gasteiger partial charge on any atom is 0.143 e. The third kappa shape index (κ3) is 3.97. The van der Waals surface area contributed by atoms with Crippen LogP contribution in [0.2, 0.25) is 0 Å². The average Bonchev–Trinajstić information content (AvgIpc) is 3.53. The Labute approximate surface area is 271 Å². The van der Waals surface area contributed by atoms with E-state index in [1.54, 1.807) is 0 Å². The van der Waals surface area contributed by atoms with Gasteiger partial charge in [0.05, 0.1) is 0 Å². The van der Waals surface area contributed by atoms with Crippen LogP contribution in [0.1, 0.15) is 0 Å². The summed E-state index contributed by atoms with van der Waals surface area (Å²) in [6, 6.07) is 61.5. The van der Waals surface area contributed by atoms with Gasteiger partial charge < -0.3 is 4.42 Å².